The van der Waals surface area contributed by atoms with Crippen LogP contribution in [0.1, 0.15) is 34.8 Å². The lowest BCUT2D eigenvalue weighted by atomic mass is 9.81. The van der Waals surface area contributed by atoms with Gasteiger partial charge in [0, 0.05) is 42.2 Å². The lowest BCUT2D eigenvalue weighted by molar-refractivity contribution is -0.129. The average Bonchev–Trinajstić information content (AvgIpc) is 3.46. The molecule has 230 valence electrons. The predicted molar refractivity (Wildman–Crippen MR) is 167 cm³/mol. The molecule has 45 heavy (non-hydrogen) atoms. The third-order valence-electron chi connectivity index (χ3n) is 7.40. The Morgan fingerprint density at radius 2 is 1.84 bits per heavy atom. The van der Waals surface area contributed by atoms with Gasteiger partial charge in [-0.05, 0) is 70.8 Å². The van der Waals surface area contributed by atoms with Crippen molar-refractivity contribution in [1.29, 1.82) is 0 Å². The molecule has 0 bridgehead atoms. The maximum Gasteiger partial charge on any atom is 0.252 e. The zero-order valence-corrected chi connectivity index (χ0v) is 24.6. The molecule has 1 heterocycles. The summed E-state index contributed by atoms with van der Waals surface area (Å²) in [6.45, 7) is 0.518. The van der Waals surface area contributed by atoms with Crippen LogP contribution >= 0.6 is 0 Å². The van der Waals surface area contributed by atoms with Crippen molar-refractivity contribution in [2.24, 2.45) is 10.1 Å². The van der Waals surface area contributed by atoms with E-state index in [1.54, 1.807) is 79.9 Å². The molecule has 0 aromatic heterocycles. The number of rotatable bonds is 13. The molecule has 0 unspecified atom stereocenters. The summed E-state index contributed by atoms with van der Waals surface area (Å²) in [6.07, 6.45) is -0.367. The van der Waals surface area contributed by atoms with Crippen LogP contribution in [0.5, 0.6) is 11.5 Å². The highest BCUT2D eigenvalue weighted by Gasteiger charge is 2.53. The van der Waals surface area contributed by atoms with Crippen LogP contribution in [0.2, 0.25) is 0 Å². The number of azide groups is 1. The third-order valence-corrected chi connectivity index (χ3v) is 7.40. The fraction of sp³-hybridized carbons (Fsp3) is 0.235. The fourth-order valence-corrected chi connectivity index (χ4v) is 5.12. The van der Waals surface area contributed by atoms with E-state index in [-0.39, 0.29) is 31.3 Å². The molecule has 4 aromatic rings. The Labute approximate surface area is 259 Å². The Morgan fingerprint density at radius 3 is 2.58 bits per heavy atom. The summed E-state index contributed by atoms with van der Waals surface area (Å²) in [7, 11) is 1.56. The first-order valence-electron chi connectivity index (χ1n) is 14.4. The number of hydrogen-bond acceptors (Lipinski definition) is 7. The van der Waals surface area contributed by atoms with Crippen molar-refractivity contribution in [3.05, 3.63) is 136 Å². The van der Waals surface area contributed by atoms with Gasteiger partial charge >= 0.3 is 0 Å². The number of nitrogens with one attached hydrogen (secondary N) is 1. The lowest BCUT2D eigenvalue weighted by Gasteiger charge is -2.31. The van der Waals surface area contributed by atoms with Gasteiger partial charge < -0.3 is 24.6 Å². The molecule has 1 aliphatic heterocycles. The van der Waals surface area contributed by atoms with E-state index in [1.165, 1.54) is 12.1 Å². The number of carbonyl (C=O) groups excluding carboxylic acids is 1. The SMILES string of the molecule is COc1cccc([C@H]2OC(c3ccc(OCCCO)cc3)=N[C@@]2(Cc2ccccc2N=[N+]=[N-])C(=O)NCc2ccc(F)cc2)c1. The first-order valence-corrected chi connectivity index (χ1v) is 14.4. The number of ether oxygens (including phenoxy) is 3. The van der Waals surface area contributed by atoms with Crippen LogP contribution in [-0.4, -0.2) is 42.8 Å². The molecule has 0 saturated carbocycles. The van der Waals surface area contributed by atoms with Gasteiger partial charge in [-0.2, -0.15) is 0 Å². The van der Waals surface area contributed by atoms with Crippen molar-refractivity contribution in [1.82, 2.24) is 5.32 Å². The number of methoxy groups -OCH3 is 1. The van der Waals surface area contributed by atoms with Crippen molar-refractivity contribution >= 4 is 17.5 Å². The van der Waals surface area contributed by atoms with Crippen molar-refractivity contribution in [2.45, 2.75) is 31.0 Å². The summed E-state index contributed by atoms with van der Waals surface area (Å²) < 4.78 is 31.3. The summed E-state index contributed by atoms with van der Waals surface area (Å²) in [5, 5.41) is 15.9. The number of aliphatic hydroxyl groups is 1. The Morgan fingerprint density at radius 1 is 1.07 bits per heavy atom. The molecule has 0 fully saturated rings. The van der Waals surface area contributed by atoms with E-state index in [4.69, 9.17) is 24.3 Å². The second-order valence-corrected chi connectivity index (χ2v) is 10.4. The minimum absolute atomic E-state index is 0.0303. The van der Waals surface area contributed by atoms with Crippen LogP contribution in [-0.2, 0) is 22.5 Å². The molecule has 11 heteroatoms. The van der Waals surface area contributed by atoms with E-state index >= 15 is 0 Å². The van der Waals surface area contributed by atoms with Crippen molar-refractivity contribution in [3.63, 3.8) is 0 Å². The maximum atomic E-state index is 14.4. The highest BCUT2D eigenvalue weighted by atomic mass is 19.1. The van der Waals surface area contributed by atoms with Crippen LogP contribution in [0.15, 0.2) is 107 Å². The lowest BCUT2D eigenvalue weighted by Crippen LogP contribution is -2.49. The quantitative estimate of drug-likeness (QED) is 0.0787. The molecular weight excluding hydrogens is 577 g/mol. The number of hydrogen-bond donors (Lipinski definition) is 2. The van der Waals surface area contributed by atoms with Gasteiger partial charge in [0.25, 0.3) is 5.91 Å². The minimum atomic E-state index is -1.56. The van der Waals surface area contributed by atoms with Gasteiger partial charge in [0.1, 0.15) is 17.3 Å². The Kier molecular flexibility index (Phi) is 9.93. The molecule has 0 saturated heterocycles. The molecular formula is C34H32FN5O5. The molecule has 1 aliphatic rings. The van der Waals surface area contributed by atoms with Crippen LogP contribution in [0, 0.1) is 5.82 Å². The van der Waals surface area contributed by atoms with E-state index in [0.717, 1.165) is 0 Å². The van der Waals surface area contributed by atoms with Gasteiger partial charge in [-0.3, -0.25) is 4.79 Å². The number of amides is 1. The van der Waals surface area contributed by atoms with Crippen LogP contribution < -0.4 is 14.8 Å². The Balaban J connectivity index is 1.60. The molecule has 5 rings (SSSR count). The zero-order valence-electron chi connectivity index (χ0n) is 24.6. The number of halogens is 1. The summed E-state index contributed by atoms with van der Waals surface area (Å²) >= 11 is 0. The molecule has 1 amide bonds. The molecule has 4 aromatic carbocycles. The van der Waals surface area contributed by atoms with Gasteiger partial charge in [-0.15, -0.1) is 0 Å². The molecule has 2 N–H and O–H groups in total. The summed E-state index contributed by atoms with van der Waals surface area (Å²) in [5.41, 5.74) is 10.6. The molecule has 2 atom stereocenters. The first kappa shape index (κ1) is 31.1. The first-order chi connectivity index (χ1) is 22.0. The van der Waals surface area contributed by atoms with Crippen molar-refractivity contribution in [2.75, 3.05) is 20.3 Å². The normalized spacial score (nSPS) is 17.0. The maximum absolute atomic E-state index is 14.4. The van der Waals surface area contributed by atoms with Crippen LogP contribution in [0.25, 0.3) is 10.4 Å². The van der Waals surface area contributed by atoms with E-state index in [1.807, 2.05) is 12.1 Å². The van der Waals surface area contributed by atoms with Gasteiger partial charge in [0.05, 0.1) is 13.7 Å². The topological polar surface area (TPSA) is 138 Å². The number of aliphatic hydroxyl groups excluding tert-OH is 1. The second kappa shape index (κ2) is 14.4. The molecule has 0 spiro atoms. The zero-order chi connectivity index (χ0) is 31.6. The van der Waals surface area contributed by atoms with Crippen molar-refractivity contribution < 1.29 is 28.5 Å². The number of carbonyl (C=O) groups is 1. The predicted octanol–water partition coefficient (Wildman–Crippen LogP) is 6.35. The molecule has 10 nitrogen and oxygen atoms in total. The largest absolute Gasteiger partial charge is 0.497 e. The van der Waals surface area contributed by atoms with Gasteiger partial charge in [0.15, 0.2) is 11.6 Å². The van der Waals surface area contributed by atoms with Gasteiger partial charge in [-0.1, -0.05) is 53.6 Å². The number of nitrogens with zero attached hydrogens (tertiary/aromatic N) is 4. The summed E-state index contributed by atoms with van der Waals surface area (Å²) in [5.74, 6) is 0.612. The molecule has 0 radical (unpaired) electrons. The van der Waals surface area contributed by atoms with Gasteiger partial charge in [0.2, 0.25) is 5.90 Å². The minimum Gasteiger partial charge on any atom is -0.497 e. The highest BCUT2D eigenvalue weighted by Crippen LogP contribution is 2.44. The van der Waals surface area contributed by atoms with E-state index in [2.05, 4.69) is 15.3 Å². The van der Waals surface area contributed by atoms with Crippen molar-refractivity contribution in [3.8, 4) is 11.5 Å². The summed E-state index contributed by atoms with van der Waals surface area (Å²) in [6, 6.07) is 27.2. The number of aliphatic imine (C=N–C) groups is 1. The molecule has 0 aliphatic carbocycles. The van der Waals surface area contributed by atoms with Gasteiger partial charge in [-0.25, -0.2) is 9.38 Å². The summed E-state index contributed by atoms with van der Waals surface area (Å²) in [4.78, 5) is 22.4. The Bertz CT molecular complexity index is 1710. The third kappa shape index (κ3) is 7.23. The smallest absolute Gasteiger partial charge is 0.252 e. The van der Waals surface area contributed by atoms with E-state index in [0.29, 0.717) is 52.5 Å². The second-order valence-electron chi connectivity index (χ2n) is 10.4. The van der Waals surface area contributed by atoms with E-state index in [9.17, 15) is 14.7 Å². The highest BCUT2D eigenvalue weighted by molar-refractivity contribution is 6.01. The number of benzene rings is 4. The van der Waals surface area contributed by atoms with Crippen LogP contribution in [0.4, 0.5) is 10.1 Å². The average molecular weight is 610 g/mol. The van der Waals surface area contributed by atoms with E-state index < -0.39 is 17.6 Å². The monoisotopic (exact) mass is 609 g/mol. The standard InChI is InChI=1S/C34H32FN5O5/c1-43-29-8-4-7-25(20-29)31-34(21-26-6-2-3-9-30(26)39-40-36,33(42)37-22-23-10-14-27(35)15-11-23)38-32(45-31)24-12-16-28(17-13-24)44-19-5-18-41/h2-4,6-17,20,31,41H,5,18-19,21-22H2,1H3,(H,37,42)/t31-,34-/m1/s1. The fourth-order valence-electron chi connectivity index (χ4n) is 5.12. The Hall–Kier alpha value is -5.38. The van der Waals surface area contributed by atoms with Crippen LogP contribution in [0.3, 0.4) is 0 Å².